The molecule has 1 amide bonds. The lowest BCUT2D eigenvalue weighted by molar-refractivity contribution is -0.116. The SMILES string of the molecule is CSc1ccc(NC(=O)CCn2c(=O)oc3ccccc32)cc1. The first-order valence-corrected chi connectivity index (χ1v) is 8.42. The van der Waals surface area contributed by atoms with Crippen molar-refractivity contribution in [1.29, 1.82) is 0 Å². The molecule has 3 rings (SSSR count). The van der Waals surface area contributed by atoms with Crippen LogP contribution in [0.15, 0.2) is 62.6 Å². The summed E-state index contributed by atoms with van der Waals surface area (Å²) < 4.78 is 6.63. The largest absolute Gasteiger partial charge is 0.419 e. The van der Waals surface area contributed by atoms with Gasteiger partial charge in [0.2, 0.25) is 5.91 Å². The van der Waals surface area contributed by atoms with Gasteiger partial charge >= 0.3 is 5.76 Å². The Morgan fingerprint density at radius 1 is 1.17 bits per heavy atom. The summed E-state index contributed by atoms with van der Waals surface area (Å²) in [6, 6.07) is 14.8. The average molecular weight is 328 g/mol. The minimum absolute atomic E-state index is 0.140. The molecular weight excluding hydrogens is 312 g/mol. The fraction of sp³-hybridized carbons (Fsp3) is 0.176. The lowest BCUT2D eigenvalue weighted by atomic mass is 10.3. The van der Waals surface area contributed by atoms with E-state index in [1.807, 2.05) is 36.6 Å². The molecule has 0 unspecified atom stereocenters. The van der Waals surface area contributed by atoms with Gasteiger partial charge in [0.25, 0.3) is 0 Å². The molecule has 0 aliphatic carbocycles. The number of amides is 1. The van der Waals surface area contributed by atoms with Gasteiger partial charge < -0.3 is 9.73 Å². The number of carbonyl (C=O) groups excluding carboxylic acids is 1. The monoisotopic (exact) mass is 328 g/mol. The number of aromatic nitrogens is 1. The summed E-state index contributed by atoms with van der Waals surface area (Å²) in [6.45, 7) is 0.282. The zero-order chi connectivity index (χ0) is 16.2. The predicted octanol–water partition coefficient (Wildman–Crippen LogP) is 3.35. The number of thioether (sulfide) groups is 1. The first-order chi connectivity index (χ1) is 11.2. The van der Waals surface area contributed by atoms with Crippen molar-refractivity contribution >= 4 is 34.5 Å². The average Bonchev–Trinajstić information content (AvgIpc) is 2.89. The number of anilines is 1. The number of fused-ring (bicyclic) bond motifs is 1. The Balaban J connectivity index is 1.66. The van der Waals surface area contributed by atoms with Crippen molar-refractivity contribution in [2.75, 3.05) is 11.6 Å². The summed E-state index contributed by atoms with van der Waals surface area (Å²) in [5.41, 5.74) is 1.98. The second-order valence-electron chi connectivity index (χ2n) is 5.01. The van der Waals surface area contributed by atoms with E-state index >= 15 is 0 Å². The third kappa shape index (κ3) is 3.48. The zero-order valence-corrected chi connectivity index (χ0v) is 13.4. The van der Waals surface area contributed by atoms with Crippen molar-refractivity contribution in [2.24, 2.45) is 0 Å². The van der Waals surface area contributed by atoms with Crippen molar-refractivity contribution < 1.29 is 9.21 Å². The molecule has 118 valence electrons. The number of oxazole rings is 1. The van der Waals surface area contributed by atoms with Crippen molar-refractivity contribution in [2.45, 2.75) is 17.9 Å². The number of nitrogens with one attached hydrogen (secondary N) is 1. The zero-order valence-electron chi connectivity index (χ0n) is 12.6. The van der Waals surface area contributed by atoms with Crippen molar-refractivity contribution in [1.82, 2.24) is 4.57 Å². The van der Waals surface area contributed by atoms with Gasteiger partial charge in [-0.3, -0.25) is 9.36 Å². The summed E-state index contributed by atoms with van der Waals surface area (Å²) in [7, 11) is 0. The molecule has 0 atom stereocenters. The van der Waals surface area contributed by atoms with Crippen LogP contribution in [0.2, 0.25) is 0 Å². The number of benzene rings is 2. The van der Waals surface area contributed by atoms with Gasteiger partial charge in [-0.2, -0.15) is 0 Å². The van der Waals surface area contributed by atoms with Crippen LogP contribution >= 0.6 is 11.8 Å². The van der Waals surface area contributed by atoms with E-state index in [0.29, 0.717) is 11.1 Å². The van der Waals surface area contributed by atoms with E-state index in [1.165, 1.54) is 4.57 Å². The second kappa shape index (κ2) is 6.75. The Morgan fingerprint density at radius 2 is 1.91 bits per heavy atom. The lowest BCUT2D eigenvalue weighted by Gasteiger charge is -2.06. The molecular formula is C17H16N2O3S. The molecule has 0 aliphatic rings. The molecule has 1 heterocycles. The van der Waals surface area contributed by atoms with Crippen LogP contribution in [0.5, 0.6) is 0 Å². The molecule has 0 radical (unpaired) electrons. The standard InChI is InChI=1S/C17H16N2O3S/c1-23-13-8-6-12(7-9-13)18-16(20)10-11-19-14-4-2-3-5-15(14)22-17(19)21/h2-9H,10-11H2,1H3,(H,18,20). The van der Waals surface area contributed by atoms with Gasteiger partial charge in [-0.25, -0.2) is 4.79 Å². The number of hydrogen-bond donors (Lipinski definition) is 1. The fourth-order valence-corrected chi connectivity index (χ4v) is 2.75. The van der Waals surface area contributed by atoms with E-state index in [9.17, 15) is 9.59 Å². The summed E-state index contributed by atoms with van der Waals surface area (Å²) in [6.07, 6.45) is 2.20. The molecule has 6 heteroatoms. The van der Waals surface area contributed by atoms with E-state index in [2.05, 4.69) is 5.32 Å². The molecule has 0 saturated heterocycles. The summed E-state index contributed by atoms with van der Waals surface area (Å²) in [4.78, 5) is 25.0. The van der Waals surface area contributed by atoms with Gasteiger partial charge in [-0.1, -0.05) is 12.1 Å². The molecule has 1 N–H and O–H groups in total. The molecule has 5 nitrogen and oxygen atoms in total. The highest BCUT2D eigenvalue weighted by molar-refractivity contribution is 7.98. The molecule has 0 bridgehead atoms. The maximum Gasteiger partial charge on any atom is 0.419 e. The number of carbonyl (C=O) groups is 1. The van der Waals surface area contributed by atoms with Crippen LogP contribution in [0.3, 0.4) is 0 Å². The van der Waals surface area contributed by atoms with Crippen LogP contribution in [-0.2, 0) is 11.3 Å². The van der Waals surface area contributed by atoms with Gasteiger partial charge in [0.05, 0.1) is 5.52 Å². The molecule has 23 heavy (non-hydrogen) atoms. The normalized spacial score (nSPS) is 10.8. The van der Waals surface area contributed by atoms with Crippen LogP contribution in [0, 0.1) is 0 Å². The number of aryl methyl sites for hydroxylation is 1. The van der Waals surface area contributed by atoms with Gasteiger partial charge in [0, 0.05) is 23.5 Å². The highest BCUT2D eigenvalue weighted by Crippen LogP contribution is 2.17. The summed E-state index contributed by atoms with van der Waals surface area (Å²) >= 11 is 1.65. The predicted molar refractivity (Wildman–Crippen MR) is 91.9 cm³/mol. The topological polar surface area (TPSA) is 64.2 Å². The van der Waals surface area contributed by atoms with Crippen LogP contribution in [-0.4, -0.2) is 16.7 Å². The highest BCUT2D eigenvalue weighted by Gasteiger charge is 2.10. The van der Waals surface area contributed by atoms with Crippen molar-refractivity contribution in [3.8, 4) is 0 Å². The van der Waals surface area contributed by atoms with Gasteiger partial charge in [0.1, 0.15) is 0 Å². The minimum atomic E-state index is -0.441. The Labute approximate surface area is 137 Å². The Kier molecular flexibility index (Phi) is 4.52. The van der Waals surface area contributed by atoms with Gasteiger partial charge in [-0.05, 0) is 42.7 Å². The van der Waals surface area contributed by atoms with E-state index in [-0.39, 0.29) is 18.9 Å². The van der Waals surface area contributed by atoms with E-state index in [4.69, 9.17) is 4.42 Å². The first kappa shape index (κ1) is 15.4. The number of hydrogen-bond acceptors (Lipinski definition) is 4. The fourth-order valence-electron chi connectivity index (χ4n) is 2.34. The minimum Gasteiger partial charge on any atom is -0.408 e. The molecule has 0 saturated carbocycles. The van der Waals surface area contributed by atoms with Crippen molar-refractivity contribution in [3.63, 3.8) is 0 Å². The van der Waals surface area contributed by atoms with E-state index in [1.54, 1.807) is 30.0 Å². The van der Waals surface area contributed by atoms with E-state index in [0.717, 1.165) is 10.6 Å². The maximum absolute atomic E-state index is 12.0. The summed E-state index contributed by atoms with van der Waals surface area (Å²) in [5, 5.41) is 2.83. The van der Waals surface area contributed by atoms with E-state index < -0.39 is 5.76 Å². The number of nitrogens with zero attached hydrogens (tertiary/aromatic N) is 1. The quantitative estimate of drug-likeness (QED) is 0.730. The third-order valence-electron chi connectivity index (χ3n) is 3.51. The third-order valence-corrected chi connectivity index (χ3v) is 4.25. The highest BCUT2D eigenvalue weighted by atomic mass is 32.2. The summed E-state index contributed by atoms with van der Waals surface area (Å²) in [5.74, 6) is -0.581. The molecule has 0 aliphatic heterocycles. The molecule has 0 spiro atoms. The van der Waals surface area contributed by atoms with Crippen LogP contribution in [0.25, 0.3) is 11.1 Å². The number of para-hydroxylation sites is 2. The Morgan fingerprint density at radius 3 is 2.65 bits per heavy atom. The first-order valence-electron chi connectivity index (χ1n) is 7.19. The van der Waals surface area contributed by atoms with Crippen LogP contribution < -0.4 is 11.1 Å². The molecule has 2 aromatic carbocycles. The smallest absolute Gasteiger partial charge is 0.408 e. The van der Waals surface area contributed by atoms with Gasteiger partial charge in [-0.15, -0.1) is 11.8 Å². The molecule has 1 aromatic heterocycles. The Hall–Kier alpha value is -2.47. The Bertz CT molecular complexity index is 881. The molecule has 3 aromatic rings. The number of rotatable bonds is 5. The van der Waals surface area contributed by atoms with Gasteiger partial charge in [0.15, 0.2) is 5.58 Å². The van der Waals surface area contributed by atoms with Crippen LogP contribution in [0.1, 0.15) is 6.42 Å². The second-order valence-corrected chi connectivity index (χ2v) is 5.89. The lowest BCUT2D eigenvalue weighted by Crippen LogP contribution is -2.19. The van der Waals surface area contributed by atoms with Crippen molar-refractivity contribution in [3.05, 3.63) is 59.1 Å². The maximum atomic E-state index is 12.0. The van der Waals surface area contributed by atoms with Crippen LogP contribution in [0.4, 0.5) is 5.69 Å². The molecule has 0 fully saturated rings.